The Kier molecular flexibility index (Phi) is 14.3. The maximum absolute atomic E-state index is 9.53. The molecule has 308 valence electrons. The third-order valence-electron chi connectivity index (χ3n) is 11.0. The minimum absolute atomic E-state index is 0.163. The minimum atomic E-state index is -0.185. The van der Waals surface area contributed by atoms with Crippen LogP contribution < -0.4 is 4.90 Å². The van der Waals surface area contributed by atoms with E-state index in [2.05, 4.69) is 167 Å². The molecule has 0 amide bonds. The summed E-state index contributed by atoms with van der Waals surface area (Å²) in [5.41, 5.74) is 16.1. The van der Waals surface area contributed by atoms with Crippen molar-refractivity contribution in [1.29, 1.82) is 10.5 Å². The topological polar surface area (TPSA) is 96.8 Å². The number of aliphatic hydroxyl groups excluding tert-OH is 1. The lowest BCUT2D eigenvalue weighted by Crippen LogP contribution is -2.33. The number of fused-ring (bicyclic) bond motifs is 4. The van der Waals surface area contributed by atoms with Gasteiger partial charge in [-0.05, 0) is 102 Å². The maximum Gasteiger partial charge on any atom is 0.145 e. The number of thiocyanates is 2. The molecule has 6 aromatic rings. The summed E-state index contributed by atoms with van der Waals surface area (Å²) >= 11 is 1.87. The van der Waals surface area contributed by atoms with E-state index >= 15 is 0 Å². The molecule has 8 heteroatoms. The molecule has 6 nitrogen and oxygen atoms in total. The normalized spacial score (nSPS) is 13.0. The number of benzene rings is 5. The predicted octanol–water partition coefficient (Wildman–Crippen LogP) is 14.7. The first-order valence-corrected chi connectivity index (χ1v) is 21.9. The lowest BCUT2D eigenvalue weighted by atomic mass is 9.73. The average Bonchev–Trinajstić information content (AvgIpc) is 3.59. The molecule has 2 heterocycles. The number of hydrogen-bond acceptors (Lipinski definition) is 8. The molecule has 8 rings (SSSR count). The Balaban J connectivity index is 0.000000650. The summed E-state index contributed by atoms with van der Waals surface area (Å²) in [6.45, 7) is 24.0. The zero-order chi connectivity index (χ0) is 44.6. The molecule has 1 aromatic heterocycles. The number of nitriles is 2. The van der Waals surface area contributed by atoms with Gasteiger partial charge in [-0.1, -0.05) is 143 Å². The number of aryl methyl sites for hydroxylation is 2. The van der Waals surface area contributed by atoms with Crippen LogP contribution in [0.5, 0.6) is 0 Å². The summed E-state index contributed by atoms with van der Waals surface area (Å²) in [6.07, 6.45) is 13.1. The molecule has 0 saturated carbocycles. The van der Waals surface area contributed by atoms with Crippen molar-refractivity contribution in [3.05, 3.63) is 181 Å². The van der Waals surface area contributed by atoms with E-state index in [0.717, 1.165) is 79.3 Å². The monoisotopic (exact) mass is 847 g/mol. The highest BCUT2D eigenvalue weighted by Gasteiger charge is 2.37. The Hall–Kier alpha value is -6.68. The number of rotatable bonds is 9. The molecule has 2 aliphatic rings. The first-order chi connectivity index (χ1) is 30.0. The van der Waals surface area contributed by atoms with Crippen LogP contribution in [0.15, 0.2) is 175 Å². The molecule has 0 radical (unpaired) electrons. The van der Waals surface area contributed by atoms with E-state index in [9.17, 15) is 10.5 Å². The van der Waals surface area contributed by atoms with Crippen LogP contribution in [0.2, 0.25) is 0 Å². The summed E-state index contributed by atoms with van der Waals surface area (Å²) in [6, 6.07) is 32.6. The second-order valence-corrected chi connectivity index (χ2v) is 16.6. The van der Waals surface area contributed by atoms with E-state index < -0.39 is 0 Å². The van der Waals surface area contributed by atoms with Crippen LogP contribution in [0, 0.1) is 35.2 Å². The molecule has 0 spiro atoms. The number of hydrogen-bond donors (Lipinski definition) is 1. The van der Waals surface area contributed by atoms with Crippen molar-refractivity contribution in [3.8, 4) is 55.6 Å². The van der Waals surface area contributed by atoms with E-state index in [0.29, 0.717) is 10.1 Å². The highest BCUT2D eigenvalue weighted by Crippen LogP contribution is 2.52. The Morgan fingerprint density at radius 2 is 1.39 bits per heavy atom. The summed E-state index contributed by atoms with van der Waals surface area (Å²) in [7, 11) is 0. The lowest BCUT2D eigenvalue weighted by Gasteiger charge is -2.42. The van der Waals surface area contributed by atoms with Gasteiger partial charge >= 0.3 is 0 Å². The molecule has 0 fully saturated rings. The summed E-state index contributed by atoms with van der Waals surface area (Å²) in [4.78, 5) is 12.2. The molecular formula is C54H49N5OS2. The van der Waals surface area contributed by atoms with Crippen LogP contribution in [0.3, 0.4) is 0 Å². The SMILES string of the molecule is C/C=C\CO.C=CC1=C(/C=C\C)N(c2ccc(-c3ccc(-c4ccc5cccc6c5c4-c4nc(SC#N)c(SC#N)nc4-6)cc3C)c(C)c2)c2ccccc2C1(C)C.C=CC=C. The molecule has 5 aromatic carbocycles. The van der Waals surface area contributed by atoms with Crippen molar-refractivity contribution in [2.75, 3.05) is 11.5 Å². The fourth-order valence-electron chi connectivity index (χ4n) is 8.25. The number of thioether (sulfide) groups is 2. The summed E-state index contributed by atoms with van der Waals surface area (Å²) in [5, 5.41) is 34.3. The van der Waals surface area contributed by atoms with E-state index in [1.54, 1.807) is 24.3 Å². The van der Waals surface area contributed by atoms with Crippen molar-refractivity contribution in [3.63, 3.8) is 0 Å². The van der Waals surface area contributed by atoms with Crippen molar-refractivity contribution in [1.82, 2.24) is 9.97 Å². The van der Waals surface area contributed by atoms with Gasteiger partial charge in [-0.15, -0.1) is 0 Å². The number of anilines is 2. The maximum atomic E-state index is 9.53. The number of aromatic nitrogens is 2. The van der Waals surface area contributed by atoms with Crippen molar-refractivity contribution >= 4 is 45.7 Å². The van der Waals surface area contributed by atoms with Crippen LogP contribution >= 0.6 is 23.5 Å². The quantitative estimate of drug-likeness (QED) is 0.0664. The molecule has 0 saturated heterocycles. The average molecular weight is 848 g/mol. The summed E-state index contributed by atoms with van der Waals surface area (Å²) < 4.78 is 0. The molecule has 1 N–H and O–H groups in total. The largest absolute Gasteiger partial charge is 0.392 e. The number of aliphatic hydroxyl groups is 1. The number of allylic oxidation sites excluding steroid dienone is 7. The molecule has 1 aliphatic carbocycles. The van der Waals surface area contributed by atoms with Crippen LogP contribution in [-0.2, 0) is 5.41 Å². The Morgan fingerprint density at radius 1 is 0.742 bits per heavy atom. The Labute approximate surface area is 374 Å². The van der Waals surface area contributed by atoms with E-state index in [-0.39, 0.29) is 12.0 Å². The van der Waals surface area contributed by atoms with Crippen LogP contribution in [0.4, 0.5) is 11.4 Å². The fourth-order valence-corrected chi connectivity index (χ4v) is 9.21. The molecule has 0 atom stereocenters. The van der Waals surface area contributed by atoms with Gasteiger partial charge in [-0.2, -0.15) is 10.5 Å². The highest BCUT2D eigenvalue weighted by molar-refractivity contribution is 8.06. The number of para-hydroxylation sites is 1. The standard InChI is InChI=1S/C46H35N5S2.C4H8O.C4H6/c1-7-12-38-36(8-2)46(5,6)37-15-9-10-16-39(37)51(38)31-19-22-33(28(4)24-31)32-20-18-30(23-27(32)3)34-21-17-29-13-11-14-35-40(29)41(34)43-42(35)49-44(52-25-47)45(50-43)53-26-48;1-2-3-4-5;1-3-4-2/h7-24H,2H2,1,3-6H3;2-3,5H,4H2,1H3;3-4H,1-2H2/b12-7-;3-2-;. The highest BCUT2D eigenvalue weighted by atomic mass is 32.2. The van der Waals surface area contributed by atoms with Gasteiger partial charge in [0.1, 0.15) is 20.9 Å². The molecule has 1 aliphatic heterocycles. The zero-order valence-electron chi connectivity index (χ0n) is 36.0. The van der Waals surface area contributed by atoms with Gasteiger partial charge in [0.25, 0.3) is 0 Å². The third-order valence-corrected chi connectivity index (χ3v) is 12.3. The molecule has 0 unspecified atom stereocenters. The Bertz CT molecular complexity index is 2900. The van der Waals surface area contributed by atoms with Gasteiger partial charge in [0, 0.05) is 56.8 Å². The lowest BCUT2D eigenvalue weighted by molar-refractivity contribution is 0.342. The first kappa shape index (κ1) is 44.9. The van der Waals surface area contributed by atoms with E-state index in [4.69, 9.17) is 15.1 Å². The van der Waals surface area contributed by atoms with Gasteiger partial charge in [-0.25, -0.2) is 9.97 Å². The fraction of sp³-hybridized carbons (Fsp3) is 0.148. The van der Waals surface area contributed by atoms with Crippen LogP contribution in [0.25, 0.3) is 55.5 Å². The summed E-state index contributed by atoms with van der Waals surface area (Å²) in [5.74, 6) is 0. The van der Waals surface area contributed by atoms with Gasteiger partial charge in [0.05, 0.1) is 23.7 Å². The van der Waals surface area contributed by atoms with Crippen LogP contribution in [-0.4, -0.2) is 21.7 Å². The van der Waals surface area contributed by atoms with E-state index in [1.165, 1.54) is 39.1 Å². The van der Waals surface area contributed by atoms with E-state index in [1.807, 2.05) is 19.1 Å². The second kappa shape index (κ2) is 19.8. The van der Waals surface area contributed by atoms with Crippen molar-refractivity contribution < 1.29 is 5.11 Å². The third kappa shape index (κ3) is 8.46. The number of nitrogens with zero attached hydrogens (tertiary/aromatic N) is 5. The second-order valence-electron chi connectivity index (χ2n) is 15.0. The van der Waals surface area contributed by atoms with Gasteiger partial charge in [0.15, 0.2) is 0 Å². The first-order valence-electron chi connectivity index (χ1n) is 20.2. The van der Waals surface area contributed by atoms with Gasteiger partial charge < -0.3 is 10.0 Å². The van der Waals surface area contributed by atoms with Gasteiger partial charge in [0.2, 0.25) is 0 Å². The predicted molar refractivity (Wildman–Crippen MR) is 263 cm³/mol. The van der Waals surface area contributed by atoms with Crippen molar-refractivity contribution in [2.45, 2.75) is 57.0 Å². The van der Waals surface area contributed by atoms with Gasteiger partial charge in [-0.3, -0.25) is 0 Å². The van der Waals surface area contributed by atoms with Crippen LogP contribution in [0.1, 0.15) is 44.4 Å². The molecule has 0 bridgehead atoms. The minimum Gasteiger partial charge on any atom is -0.392 e. The smallest absolute Gasteiger partial charge is 0.145 e. The molecular weight excluding hydrogens is 799 g/mol. The molecule has 62 heavy (non-hydrogen) atoms. The Morgan fingerprint density at radius 3 is 1.97 bits per heavy atom. The van der Waals surface area contributed by atoms with Crippen molar-refractivity contribution in [2.24, 2.45) is 0 Å². The zero-order valence-corrected chi connectivity index (χ0v) is 37.7.